The van der Waals surface area contributed by atoms with E-state index in [9.17, 15) is 4.79 Å². The summed E-state index contributed by atoms with van der Waals surface area (Å²) in [5.74, 6) is 0.817. The summed E-state index contributed by atoms with van der Waals surface area (Å²) in [6, 6.07) is 5.55. The zero-order valence-electron chi connectivity index (χ0n) is 10.9. The standard InChI is InChI=1S/C15H20ClNO/c1-2-12-5-4-9-17(10-8-12)15-13(11-18)6-3-7-14(15)16/h3,6-7,11-12H,2,4-5,8-10H2,1H3. The van der Waals surface area contributed by atoms with Crippen LogP contribution in [0.5, 0.6) is 0 Å². The van der Waals surface area contributed by atoms with E-state index in [0.29, 0.717) is 10.6 Å². The van der Waals surface area contributed by atoms with E-state index in [1.807, 2.05) is 18.2 Å². The van der Waals surface area contributed by atoms with Crippen molar-refractivity contribution in [2.75, 3.05) is 18.0 Å². The molecule has 1 aromatic rings. The number of carbonyl (C=O) groups is 1. The molecule has 0 aromatic heterocycles. The maximum atomic E-state index is 11.1. The van der Waals surface area contributed by atoms with E-state index >= 15 is 0 Å². The van der Waals surface area contributed by atoms with Crippen molar-refractivity contribution in [3.63, 3.8) is 0 Å². The van der Waals surface area contributed by atoms with Crippen LogP contribution in [-0.4, -0.2) is 19.4 Å². The van der Waals surface area contributed by atoms with Crippen molar-refractivity contribution >= 4 is 23.6 Å². The number of halogens is 1. The van der Waals surface area contributed by atoms with Gasteiger partial charge in [-0.15, -0.1) is 0 Å². The van der Waals surface area contributed by atoms with Crippen LogP contribution in [0.4, 0.5) is 5.69 Å². The molecule has 98 valence electrons. The minimum Gasteiger partial charge on any atom is -0.370 e. The van der Waals surface area contributed by atoms with Gasteiger partial charge in [-0.25, -0.2) is 0 Å². The molecule has 0 N–H and O–H groups in total. The molecule has 0 aliphatic carbocycles. The first-order chi connectivity index (χ1) is 8.76. The Bertz CT molecular complexity index is 419. The summed E-state index contributed by atoms with van der Waals surface area (Å²) < 4.78 is 0. The summed E-state index contributed by atoms with van der Waals surface area (Å²) in [4.78, 5) is 13.4. The second-order valence-corrected chi connectivity index (χ2v) is 5.39. The van der Waals surface area contributed by atoms with Gasteiger partial charge in [0, 0.05) is 18.7 Å². The lowest BCUT2D eigenvalue weighted by molar-refractivity contribution is 0.112. The number of rotatable bonds is 3. The van der Waals surface area contributed by atoms with Gasteiger partial charge in [0.2, 0.25) is 0 Å². The molecule has 1 aromatic carbocycles. The summed E-state index contributed by atoms with van der Waals surface area (Å²) in [5, 5.41) is 0.689. The van der Waals surface area contributed by atoms with Crippen LogP contribution < -0.4 is 4.90 Å². The molecule has 1 aliphatic heterocycles. The quantitative estimate of drug-likeness (QED) is 0.765. The van der Waals surface area contributed by atoms with Crippen molar-refractivity contribution in [3.8, 4) is 0 Å². The molecular weight excluding hydrogens is 246 g/mol. The van der Waals surface area contributed by atoms with Crippen LogP contribution in [0.2, 0.25) is 5.02 Å². The average Bonchev–Trinajstić information content (AvgIpc) is 2.63. The normalized spacial score (nSPS) is 20.6. The molecule has 2 rings (SSSR count). The van der Waals surface area contributed by atoms with Gasteiger partial charge in [0.25, 0.3) is 0 Å². The van der Waals surface area contributed by atoms with E-state index in [0.717, 1.165) is 31.0 Å². The molecule has 0 bridgehead atoms. The second-order valence-electron chi connectivity index (χ2n) is 4.99. The molecule has 2 nitrogen and oxygen atoms in total. The highest BCUT2D eigenvalue weighted by Gasteiger charge is 2.19. The van der Waals surface area contributed by atoms with E-state index in [1.165, 1.54) is 25.7 Å². The number of nitrogens with zero attached hydrogens (tertiary/aromatic N) is 1. The molecule has 1 atom stereocenters. The largest absolute Gasteiger partial charge is 0.370 e. The van der Waals surface area contributed by atoms with Crippen LogP contribution in [-0.2, 0) is 0 Å². The third-order valence-corrected chi connectivity index (χ3v) is 4.19. The van der Waals surface area contributed by atoms with Crippen LogP contribution >= 0.6 is 11.6 Å². The van der Waals surface area contributed by atoms with Crippen molar-refractivity contribution in [1.29, 1.82) is 0 Å². The Morgan fingerprint density at radius 2 is 2.22 bits per heavy atom. The Morgan fingerprint density at radius 3 is 2.94 bits per heavy atom. The van der Waals surface area contributed by atoms with E-state index < -0.39 is 0 Å². The second kappa shape index (κ2) is 6.24. The lowest BCUT2D eigenvalue weighted by Crippen LogP contribution is -2.25. The van der Waals surface area contributed by atoms with E-state index in [1.54, 1.807) is 0 Å². The van der Waals surface area contributed by atoms with Crippen molar-refractivity contribution in [1.82, 2.24) is 0 Å². The van der Waals surface area contributed by atoms with Crippen LogP contribution in [0.15, 0.2) is 18.2 Å². The van der Waals surface area contributed by atoms with Gasteiger partial charge < -0.3 is 4.90 Å². The number of carbonyl (C=O) groups excluding carboxylic acids is 1. The van der Waals surface area contributed by atoms with Crippen molar-refractivity contribution in [2.24, 2.45) is 5.92 Å². The van der Waals surface area contributed by atoms with E-state index in [-0.39, 0.29) is 0 Å². The predicted octanol–water partition coefficient (Wildman–Crippen LogP) is 4.17. The molecule has 1 fully saturated rings. The third-order valence-electron chi connectivity index (χ3n) is 3.89. The highest BCUT2D eigenvalue weighted by molar-refractivity contribution is 6.33. The third kappa shape index (κ3) is 2.86. The summed E-state index contributed by atoms with van der Waals surface area (Å²) >= 11 is 6.26. The van der Waals surface area contributed by atoms with Gasteiger partial charge in [-0.3, -0.25) is 4.79 Å². The fourth-order valence-electron chi connectivity index (χ4n) is 2.76. The summed E-state index contributed by atoms with van der Waals surface area (Å²) in [6.45, 7) is 4.26. The number of aldehydes is 1. The number of para-hydroxylation sites is 1. The Morgan fingerprint density at radius 1 is 1.39 bits per heavy atom. The lowest BCUT2D eigenvalue weighted by atomic mass is 9.98. The Hall–Kier alpha value is -1.02. The highest BCUT2D eigenvalue weighted by atomic mass is 35.5. The SMILES string of the molecule is CCC1CCCN(c2c(Cl)cccc2C=O)CC1. The molecule has 1 heterocycles. The Balaban J connectivity index is 2.23. The van der Waals surface area contributed by atoms with E-state index in [4.69, 9.17) is 11.6 Å². The molecule has 18 heavy (non-hydrogen) atoms. The zero-order valence-corrected chi connectivity index (χ0v) is 11.6. The molecule has 1 unspecified atom stereocenters. The van der Waals surface area contributed by atoms with Crippen LogP contribution in [0, 0.1) is 5.92 Å². The van der Waals surface area contributed by atoms with Gasteiger partial charge in [-0.2, -0.15) is 0 Å². The minimum absolute atomic E-state index is 0.689. The summed E-state index contributed by atoms with van der Waals surface area (Å²) in [7, 11) is 0. The minimum atomic E-state index is 0.689. The van der Waals surface area contributed by atoms with Crippen LogP contribution in [0.25, 0.3) is 0 Å². The Kier molecular flexibility index (Phi) is 4.65. The summed E-state index contributed by atoms with van der Waals surface area (Å²) in [6.07, 6.45) is 5.82. The topological polar surface area (TPSA) is 20.3 Å². The zero-order chi connectivity index (χ0) is 13.0. The highest BCUT2D eigenvalue weighted by Crippen LogP contribution is 2.32. The number of hydrogen-bond acceptors (Lipinski definition) is 2. The first kappa shape index (κ1) is 13.4. The van der Waals surface area contributed by atoms with Gasteiger partial charge in [-0.1, -0.05) is 31.0 Å². The monoisotopic (exact) mass is 265 g/mol. The van der Waals surface area contributed by atoms with Crippen LogP contribution in [0.3, 0.4) is 0 Å². The smallest absolute Gasteiger partial charge is 0.152 e. The Labute approximate surface area is 114 Å². The van der Waals surface area contributed by atoms with Gasteiger partial charge >= 0.3 is 0 Å². The molecule has 0 spiro atoms. The van der Waals surface area contributed by atoms with Gasteiger partial charge in [0.15, 0.2) is 6.29 Å². The first-order valence-corrected chi connectivity index (χ1v) is 7.12. The predicted molar refractivity (Wildman–Crippen MR) is 76.7 cm³/mol. The number of hydrogen-bond donors (Lipinski definition) is 0. The fourth-order valence-corrected chi connectivity index (χ4v) is 3.06. The van der Waals surface area contributed by atoms with E-state index in [2.05, 4.69) is 11.8 Å². The van der Waals surface area contributed by atoms with Gasteiger partial charge in [-0.05, 0) is 37.3 Å². The number of anilines is 1. The molecule has 1 saturated heterocycles. The molecule has 0 radical (unpaired) electrons. The van der Waals surface area contributed by atoms with Crippen molar-refractivity contribution < 1.29 is 4.79 Å². The molecule has 3 heteroatoms. The maximum absolute atomic E-state index is 11.1. The molecular formula is C15H20ClNO. The van der Waals surface area contributed by atoms with Gasteiger partial charge in [0.1, 0.15) is 0 Å². The van der Waals surface area contributed by atoms with Crippen molar-refractivity contribution in [2.45, 2.75) is 32.6 Å². The first-order valence-electron chi connectivity index (χ1n) is 6.75. The average molecular weight is 266 g/mol. The maximum Gasteiger partial charge on any atom is 0.152 e. The van der Waals surface area contributed by atoms with Crippen molar-refractivity contribution in [3.05, 3.63) is 28.8 Å². The molecule has 1 aliphatic rings. The molecule has 0 amide bonds. The van der Waals surface area contributed by atoms with Crippen LogP contribution in [0.1, 0.15) is 43.0 Å². The lowest BCUT2D eigenvalue weighted by Gasteiger charge is -2.25. The fraction of sp³-hybridized carbons (Fsp3) is 0.533. The van der Waals surface area contributed by atoms with Gasteiger partial charge in [0.05, 0.1) is 10.7 Å². The molecule has 0 saturated carbocycles. The number of benzene rings is 1. The summed E-state index contributed by atoms with van der Waals surface area (Å²) in [5.41, 5.74) is 1.63.